The van der Waals surface area contributed by atoms with Crippen LogP contribution in [0.2, 0.25) is 0 Å². The second-order valence-corrected chi connectivity index (χ2v) is 4.84. The molecule has 0 aliphatic heterocycles. The summed E-state index contributed by atoms with van der Waals surface area (Å²) in [7, 11) is 1.41. The molecule has 0 saturated heterocycles. The minimum Gasteiger partial charge on any atom is -0.496 e. The SMILES string of the molecule is COc1ccc(NC(=O)CSc2ncc[nH]2)c([N+](=O)[O-])c1. The third-order valence-corrected chi connectivity index (χ3v) is 3.39. The standard InChI is InChI=1S/C12H12N4O4S/c1-20-8-2-3-9(10(6-8)16(18)19)15-11(17)7-21-12-13-4-5-14-12/h2-6H,7H2,1H3,(H,13,14)(H,15,17). The molecule has 0 saturated carbocycles. The van der Waals surface area contributed by atoms with Crippen LogP contribution in [0, 0.1) is 10.1 Å². The Morgan fingerprint density at radius 2 is 2.38 bits per heavy atom. The van der Waals surface area contributed by atoms with E-state index in [1.54, 1.807) is 18.5 Å². The molecule has 21 heavy (non-hydrogen) atoms. The average Bonchev–Trinajstić information content (AvgIpc) is 2.98. The highest BCUT2D eigenvalue weighted by molar-refractivity contribution is 7.99. The number of methoxy groups -OCH3 is 1. The molecule has 9 heteroatoms. The summed E-state index contributed by atoms with van der Waals surface area (Å²) in [4.78, 5) is 29.0. The van der Waals surface area contributed by atoms with Gasteiger partial charge in [0.1, 0.15) is 11.4 Å². The Labute approximate surface area is 124 Å². The highest BCUT2D eigenvalue weighted by atomic mass is 32.2. The number of nitro benzene ring substituents is 1. The summed E-state index contributed by atoms with van der Waals surface area (Å²) in [5, 5.41) is 14.1. The largest absolute Gasteiger partial charge is 0.496 e. The van der Waals surface area contributed by atoms with E-state index in [0.29, 0.717) is 10.9 Å². The first kappa shape index (κ1) is 14.9. The summed E-state index contributed by atoms with van der Waals surface area (Å²) in [6.07, 6.45) is 3.23. The van der Waals surface area contributed by atoms with Crippen LogP contribution in [0.15, 0.2) is 35.7 Å². The zero-order chi connectivity index (χ0) is 15.2. The van der Waals surface area contributed by atoms with Crippen LogP contribution in [0.4, 0.5) is 11.4 Å². The lowest BCUT2D eigenvalue weighted by Crippen LogP contribution is -2.15. The molecular weight excluding hydrogens is 296 g/mol. The molecule has 110 valence electrons. The number of imidazole rings is 1. The molecule has 1 aromatic carbocycles. The molecule has 1 aromatic heterocycles. The number of amides is 1. The third kappa shape index (κ3) is 3.96. The average molecular weight is 308 g/mol. The van der Waals surface area contributed by atoms with E-state index in [4.69, 9.17) is 4.74 Å². The number of carbonyl (C=O) groups excluding carboxylic acids is 1. The summed E-state index contributed by atoms with van der Waals surface area (Å²) >= 11 is 1.20. The number of hydrogen-bond donors (Lipinski definition) is 2. The highest BCUT2D eigenvalue weighted by Gasteiger charge is 2.17. The minimum atomic E-state index is -0.572. The van der Waals surface area contributed by atoms with Crippen LogP contribution in [0.3, 0.4) is 0 Å². The maximum absolute atomic E-state index is 11.8. The van der Waals surface area contributed by atoms with Gasteiger partial charge in [-0.3, -0.25) is 14.9 Å². The topological polar surface area (TPSA) is 110 Å². The first-order valence-corrected chi connectivity index (χ1v) is 6.83. The maximum Gasteiger partial charge on any atom is 0.296 e. The lowest BCUT2D eigenvalue weighted by atomic mass is 10.2. The Bertz CT molecular complexity index is 645. The van der Waals surface area contributed by atoms with Gasteiger partial charge in [-0.05, 0) is 12.1 Å². The summed E-state index contributed by atoms with van der Waals surface area (Å²) in [6, 6.07) is 4.24. The molecule has 0 radical (unpaired) electrons. The number of anilines is 1. The summed E-state index contributed by atoms with van der Waals surface area (Å²) in [5.74, 6) is 0.0887. The number of aromatic amines is 1. The van der Waals surface area contributed by atoms with Crippen molar-refractivity contribution < 1.29 is 14.5 Å². The zero-order valence-corrected chi connectivity index (χ0v) is 11.8. The van der Waals surface area contributed by atoms with Crippen LogP contribution < -0.4 is 10.1 Å². The molecular formula is C12H12N4O4S. The number of nitro groups is 1. The predicted octanol–water partition coefficient (Wildman–Crippen LogP) is 2.06. The van der Waals surface area contributed by atoms with E-state index in [1.807, 2.05) is 0 Å². The number of ether oxygens (including phenoxy) is 1. The van der Waals surface area contributed by atoms with Crippen molar-refractivity contribution in [2.75, 3.05) is 18.2 Å². The van der Waals surface area contributed by atoms with Gasteiger partial charge in [-0.15, -0.1) is 0 Å². The van der Waals surface area contributed by atoms with E-state index in [1.165, 1.54) is 31.0 Å². The summed E-state index contributed by atoms with van der Waals surface area (Å²) in [6.45, 7) is 0. The van der Waals surface area contributed by atoms with E-state index in [9.17, 15) is 14.9 Å². The smallest absolute Gasteiger partial charge is 0.296 e. The number of hydrogen-bond acceptors (Lipinski definition) is 6. The third-order valence-electron chi connectivity index (χ3n) is 2.49. The van der Waals surface area contributed by atoms with Crippen molar-refractivity contribution in [2.24, 2.45) is 0 Å². The second kappa shape index (κ2) is 6.75. The zero-order valence-electron chi connectivity index (χ0n) is 11.0. The van der Waals surface area contributed by atoms with Crippen molar-refractivity contribution in [3.63, 3.8) is 0 Å². The molecule has 2 rings (SSSR count). The predicted molar refractivity (Wildman–Crippen MR) is 77.6 cm³/mol. The number of benzene rings is 1. The molecule has 0 aliphatic carbocycles. The maximum atomic E-state index is 11.8. The first-order valence-electron chi connectivity index (χ1n) is 5.84. The van der Waals surface area contributed by atoms with Crippen LogP contribution in [-0.2, 0) is 4.79 Å². The van der Waals surface area contributed by atoms with Gasteiger partial charge in [-0.2, -0.15) is 0 Å². The van der Waals surface area contributed by atoms with E-state index >= 15 is 0 Å². The number of thioether (sulfide) groups is 1. The molecule has 0 bridgehead atoms. The number of aromatic nitrogens is 2. The molecule has 8 nitrogen and oxygen atoms in total. The molecule has 1 amide bonds. The van der Waals surface area contributed by atoms with Gasteiger partial charge in [0.2, 0.25) is 5.91 Å². The van der Waals surface area contributed by atoms with Gasteiger partial charge in [0.15, 0.2) is 5.16 Å². The molecule has 0 unspecified atom stereocenters. The van der Waals surface area contributed by atoms with Crippen LogP contribution >= 0.6 is 11.8 Å². The minimum absolute atomic E-state index is 0.0939. The van der Waals surface area contributed by atoms with E-state index in [0.717, 1.165) is 0 Å². The van der Waals surface area contributed by atoms with E-state index < -0.39 is 4.92 Å². The van der Waals surface area contributed by atoms with Crippen LogP contribution in [0.1, 0.15) is 0 Å². The lowest BCUT2D eigenvalue weighted by Gasteiger charge is -2.07. The molecule has 0 aliphatic rings. The van der Waals surface area contributed by atoms with Crippen molar-refractivity contribution >= 4 is 29.0 Å². The molecule has 0 atom stereocenters. The quantitative estimate of drug-likeness (QED) is 0.480. The molecule has 2 N–H and O–H groups in total. The van der Waals surface area contributed by atoms with E-state index in [2.05, 4.69) is 15.3 Å². The molecule has 0 spiro atoms. The fourth-order valence-electron chi connectivity index (χ4n) is 1.55. The fourth-order valence-corrected chi connectivity index (χ4v) is 2.17. The van der Waals surface area contributed by atoms with Crippen molar-refractivity contribution in [3.05, 3.63) is 40.7 Å². The first-order chi connectivity index (χ1) is 10.1. The van der Waals surface area contributed by atoms with Gasteiger partial charge < -0.3 is 15.0 Å². The number of H-pyrrole nitrogens is 1. The van der Waals surface area contributed by atoms with Crippen LogP contribution in [0.25, 0.3) is 0 Å². The number of rotatable bonds is 6. The number of nitrogens with zero attached hydrogens (tertiary/aromatic N) is 2. The van der Waals surface area contributed by atoms with Crippen molar-refractivity contribution in [3.8, 4) is 5.75 Å². The normalized spacial score (nSPS) is 10.1. The monoisotopic (exact) mass is 308 g/mol. The Kier molecular flexibility index (Phi) is 4.77. The Morgan fingerprint density at radius 3 is 3.00 bits per heavy atom. The van der Waals surface area contributed by atoms with Gasteiger partial charge in [0.05, 0.1) is 23.9 Å². The molecule has 1 heterocycles. The molecule has 0 fully saturated rings. The van der Waals surface area contributed by atoms with Crippen molar-refractivity contribution in [1.82, 2.24) is 9.97 Å². The fraction of sp³-hybridized carbons (Fsp3) is 0.167. The van der Waals surface area contributed by atoms with Crippen molar-refractivity contribution in [1.29, 1.82) is 0 Å². The number of nitrogens with one attached hydrogen (secondary N) is 2. The summed E-state index contributed by atoms with van der Waals surface area (Å²) in [5.41, 5.74) is -0.0865. The van der Waals surface area contributed by atoms with Crippen molar-refractivity contribution in [2.45, 2.75) is 5.16 Å². The van der Waals surface area contributed by atoms with E-state index in [-0.39, 0.29) is 23.0 Å². The second-order valence-electron chi connectivity index (χ2n) is 3.87. The van der Waals surface area contributed by atoms with Gasteiger partial charge in [-0.1, -0.05) is 11.8 Å². The van der Waals surface area contributed by atoms with Gasteiger partial charge in [-0.25, -0.2) is 4.98 Å². The van der Waals surface area contributed by atoms with Gasteiger partial charge in [0, 0.05) is 12.4 Å². The highest BCUT2D eigenvalue weighted by Crippen LogP contribution is 2.29. The van der Waals surface area contributed by atoms with Gasteiger partial charge >= 0.3 is 0 Å². The van der Waals surface area contributed by atoms with Gasteiger partial charge in [0.25, 0.3) is 5.69 Å². The Morgan fingerprint density at radius 1 is 1.57 bits per heavy atom. The molecule has 2 aromatic rings. The Balaban J connectivity index is 2.04. The van der Waals surface area contributed by atoms with Crippen LogP contribution in [-0.4, -0.2) is 33.7 Å². The number of carbonyl (C=O) groups is 1. The van der Waals surface area contributed by atoms with Crippen LogP contribution in [0.5, 0.6) is 5.75 Å². The summed E-state index contributed by atoms with van der Waals surface area (Å²) < 4.78 is 4.93. The lowest BCUT2D eigenvalue weighted by molar-refractivity contribution is -0.384. The Hall–Kier alpha value is -2.55.